The molecule has 6 nitrogen and oxygen atoms in total. The van der Waals surface area contributed by atoms with E-state index in [0.717, 1.165) is 0 Å². The van der Waals surface area contributed by atoms with Crippen molar-refractivity contribution >= 4 is 0 Å². The van der Waals surface area contributed by atoms with Gasteiger partial charge in [-0.15, -0.1) is 0 Å². The third-order valence-electron chi connectivity index (χ3n) is 2.91. The van der Waals surface area contributed by atoms with Crippen LogP contribution in [0.25, 0.3) is 0 Å². The van der Waals surface area contributed by atoms with Crippen molar-refractivity contribution in [2.45, 2.75) is 52.1 Å². The summed E-state index contributed by atoms with van der Waals surface area (Å²) in [5.41, 5.74) is 0. The molecule has 128 valence electrons. The average Bonchev–Trinajstić information content (AvgIpc) is 2.53. The average molecular weight is 316 g/mol. The Morgan fingerprint density at radius 1 is 1.05 bits per heavy atom. The monoisotopic (exact) mass is 316 g/mol. The van der Waals surface area contributed by atoms with Crippen LogP contribution in [0.1, 0.15) is 27.7 Å². The lowest BCUT2D eigenvalue weighted by atomic mass is 10.2. The molecule has 1 rings (SSSR count). The van der Waals surface area contributed by atoms with Crippen molar-refractivity contribution in [3.05, 3.63) is 24.3 Å². The first kappa shape index (κ1) is 20.7. The van der Waals surface area contributed by atoms with Crippen LogP contribution in [0.4, 0.5) is 0 Å². The molecule has 0 saturated heterocycles. The van der Waals surface area contributed by atoms with Crippen LogP contribution in [0, 0.1) is 0 Å². The molecule has 0 aliphatic carbocycles. The van der Waals surface area contributed by atoms with Crippen LogP contribution >= 0.6 is 0 Å². The van der Waals surface area contributed by atoms with Crippen molar-refractivity contribution in [2.24, 2.45) is 0 Å². The second kappa shape index (κ2) is 11.3. The lowest BCUT2D eigenvalue weighted by Gasteiger charge is -2.26. The van der Waals surface area contributed by atoms with E-state index in [1.165, 1.54) is 19.1 Å². The van der Waals surface area contributed by atoms with Gasteiger partial charge in [-0.05, 0) is 38.1 Å². The molecule has 1 aromatic rings. The van der Waals surface area contributed by atoms with Crippen LogP contribution in [0.15, 0.2) is 24.3 Å². The summed E-state index contributed by atoms with van der Waals surface area (Å²) in [5, 5.41) is 37.4. The number of aromatic hydroxyl groups is 1. The van der Waals surface area contributed by atoms with Gasteiger partial charge < -0.3 is 29.9 Å². The summed E-state index contributed by atoms with van der Waals surface area (Å²) >= 11 is 0. The lowest BCUT2D eigenvalue weighted by molar-refractivity contribution is -0.125. The van der Waals surface area contributed by atoms with Crippen molar-refractivity contribution in [1.82, 2.24) is 0 Å². The second-order valence-electron chi connectivity index (χ2n) is 4.68. The van der Waals surface area contributed by atoms with Crippen molar-refractivity contribution < 1.29 is 29.9 Å². The molecule has 0 radical (unpaired) electrons. The normalized spacial score (nSPS) is 16.0. The third-order valence-corrected chi connectivity index (χ3v) is 2.91. The fourth-order valence-corrected chi connectivity index (χ4v) is 1.54. The zero-order chi connectivity index (χ0) is 17.1. The molecule has 0 aromatic heterocycles. The Hall–Kier alpha value is -1.34. The van der Waals surface area contributed by atoms with Crippen LogP contribution in [0.2, 0.25) is 0 Å². The summed E-state index contributed by atoms with van der Waals surface area (Å²) in [7, 11) is 0. The van der Waals surface area contributed by atoms with E-state index in [2.05, 4.69) is 0 Å². The minimum atomic E-state index is -0.906. The van der Waals surface area contributed by atoms with E-state index in [9.17, 15) is 10.2 Å². The Labute approximate surface area is 131 Å². The van der Waals surface area contributed by atoms with E-state index in [1.807, 2.05) is 13.8 Å². The molecule has 0 spiro atoms. The molecule has 0 amide bonds. The maximum Gasteiger partial charge on any atom is 0.119 e. The van der Waals surface area contributed by atoms with E-state index >= 15 is 0 Å². The van der Waals surface area contributed by atoms with Gasteiger partial charge in [-0.1, -0.05) is 13.8 Å². The zero-order valence-corrected chi connectivity index (χ0v) is 13.6. The van der Waals surface area contributed by atoms with E-state index in [0.29, 0.717) is 5.75 Å². The first-order valence-electron chi connectivity index (χ1n) is 7.48. The molecule has 0 bridgehead atoms. The summed E-state index contributed by atoms with van der Waals surface area (Å²) in [5.74, 6) is 0.653. The molecule has 1 aromatic carbocycles. The molecular weight excluding hydrogens is 288 g/mol. The highest BCUT2D eigenvalue weighted by atomic mass is 16.5. The van der Waals surface area contributed by atoms with Gasteiger partial charge in [0.2, 0.25) is 0 Å². The maximum absolute atomic E-state index is 9.90. The largest absolute Gasteiger partial charge is 0.508 e. The Balaban J connectivity index is 0.00000211. The Bertz CT molecular complexity index is 379. The highest BCUT2D eigenvalue weighted by Crippen LogP contribution is 2.16. The quantitative estimate of drug-likeness (QED) is 0.577. The number of aliphatic hydroxyl groups is 3. The molecular formula is C16H28O6. The van der Waals surface area contributed by atoms with Gasteiger partial charge in [-0.3, -0.25) is 0 Å². The van der Waals surface area contributed by atoms with Gasteiger partial charge in [0.1, 0.15) is 30.3 Å². The standard InChI is InChI=1S/C14H22O6.C2H6/c1-9(16)14(7-15)20-10(2)13(18)8-19-12-5-3-11(17)4-6-12;1-2/h3-6,9-10,13-18H,7-8H2,1-2H3;1-2H3. The maximum atomic E-state index is 9.90. The first-order chi connectivity index (χ1) is 10.4. The predicted octanol–water partition coefficient (Wildman–Crippen LogP) is 1.30. The van der Waals surface area contributed by atoms with E-state index in [-0.39, 0.29) is 19.0 Å². The SMILES string of the molecule is CC.CC(O)C(CO)OC(C)C(O)COc1ccc(O)cc1. The van der Waals surface area contributed by atoms with E-state index in [1.54, 1.807) is 19.1 Å². The minimum absolute atomic E-state index is 0.00387. The fraction of sp³-hybridized carbons (Fsp3) is 0.625. The topological polar surface area (TPSA) is 99.4 Å². The molecule has 0 aliphatic heterocycles. The first-order valence-corrected chi connectivity index (χ1v) is 7.48. The van der Waals surface area contributed by atoms with Gasteiger partial charge in [0.25, 0.3) is 0 Å². The molecule has 0 saturated carbocycles. The van der Waals surface area contributed by atoms with Gasteiger partial charge in [-0.2, -0.15) is 0 Å². The van der Waals surface area contributed by atoms with Crippen LogP contribution in [-0.2, 0) is 4.74 Å². The van der Waals surface area contributed by atoms with Crippen LogP contribution in [-0.4, -0.2) is 58.1 Å². The molecule has 0 fully saturated rings. The minimum Gasteiger partial charge on any atom is -0.508 e. The van der Waals surface area contributed by atoms with E-state index in [4.69, 9.17) is 19.7 Å². The molecule has 4 N–H and O–H groups in total. The number of hydrogen-bond acceptors (Lipinski definition) is 6. The number of rotatable bonds is 8. The lowest BCUT2D eigenvalue weighted by Crippen LogP contribution is -2.40. The Kier molecular flexibility index (Phi) is 10.6. The van der Waals surface area contributed by atoms with Crippen LogP contribution in [0.3, 0.4) is 0 Å². The van der Waals surface area contributed by atoms with Gasteiger partial charge in [0.05, 0.1) is 18.8 Å². The van der Waals surface area contributed by atoms with Gasteiger partial charge >= 0.3 is 0 Å². The summed E-state index contributed by atoms with van der Waals surface area (Å²) < 4.78 is 10.7. The summed E-state index contributed by atoms with van der Waals surface area (Å²) in [6.07, 6.45) is -3.07. The van der Waals surface area contributed by atoms with Crippen molar-refractivity contribution in [1.29, 1.82) is 0 Å². The van der Waals surface area contributed by atoms with Crippen LogP contribution < -0.4 is 4.74 Å². The summed E-state index contributed by atoms with van der Waals surface area (Å²) in [6, 6.07) is 6.13. The van der Waals surface area contributed by atoms with Crippen molar-refractivity contribution in [3.8, 4) is 11.5 Å². The smallest absolute Gasteiger partial charge is 0.119 e. The number of phenolic OH excluding ortho intramolecular Hbond substituents is 1. The number of phenols is 1. The number of hydrogen-bond donors (Lipinski definition) is 4. The molecule has 0 heterocycles. The van der Waals surface area contributed by atoms with Gasteiger partial charge in [0, 0.05) is 0 Å². The van der Waals surface area contributed by atoms with Crippen LogP contribution in [0.5, 0.6) is 11.5 Å². The number of benzene rings is 1. The fourth-order valence-electron chi connectivity index (χ4n) is 1.54. The molecule has 6 heteroatoms. The highest BCUT2D eigenvalue weighted by molar-refractivity contribution is 5.30. The highest BCUT2D eigenvalue weighted by Gasteiger charge is 2.23. The molecule has 4 atom stereocenters. The second-order valence-corrected chi connectivity index (χ2v) is 4.68. The Morgan fingerprint density at radius 2 is 1.59 bits per heavy atom. The van der Waals surface area contributed by atoms with Gasteiger partial charge in [0.15, 0.2) is 0 Å². The van der Waals surface area contributed by atoms with E-state index < -0.39 is 24.4 Å². The van der Waals surface area contributed by atoms with Crippen molar-refractivity contribution in [3.63, 3.8) is 0 Å². The molecule has 22 heavy (non-hydrogen) atoms. The molecule has 0 aliphatic rings. The number of ether oxygens (including phenoxy) is 2. The van der Waals surface area contributed by atoms with Crippen molar-refractivity contribution in [2.75, 3.05) is 13.2 Å². The summed E-state index contributed by atoms with van der Waals surface area (Å²) in [4.78, 5) is 0. The third kappa shape index (κ3) is 7.61. The summed E-state index contributed by atoms with van der Waals surface area (Å²) in [6.45, 7) is 6.82. The van der Waals surface area contributed by atoms with Gasteiger partial charge in [-0.25, -0.2) is 0 Å². The zero-order valence-electron chi connectivity index (χ0n) is 13.6. The predicted molar refractivity (Wildman–Crippen MR) is 84.1 cm³/mol. The molecule has 4 unspecified atom stereocenters. The number of aliphatic hydroxyl groups excluding tert-OH is 3. The Morgan fingerprint density at radius 3 is 2.05 bits per heavy atom.